The van der Waals surface area contributed by atoms with Gasteiger partial charge in [-0.15, -0.1) is 11.3 Å². The van der Waals surface area contributed by atoms with Gasteiger partial charge in [0, 0.05) is 24.9 Å². The summed E-state index contributed by atoms with van der Waals surface area (Å²) in [4.78, 5) is 17.1. The largest absolute Gasteiger partial charge is 0.481 e. The zero-order valence-corrected chi connectivity index (χ0v) is 12.3. The normalized spacial score (nSPS) is 10.9. The van der Waals surface area contributed by atoms with Gasteiger partial charge < -0.3 is 5.11 Å². The molecule has 1 heterocycles. The number of hydrogen-bond acceptors (Lipinski definition) is 4. The molecule has 0 saturated heterocycles. The Balaban J connectivity index is 1.87. The van der Waals surface area contributed by atoms with Crippen molar-refractivity contribution in [2.45, 2.75) is 19.4 Å². The Morgan fingerprint density at radius 1 is 1.35 bits per heavy atom. The van der Waals surface area contributed by atoms with Gasteiger partial charge >= 0.3 is 5.97 Å². The van der Waals surface area contributed by atoms with Gasteiger partial charge in [0.25, 0.3) is 0 Å². The summed E-state index contributed by atoms with van der Waals surface area (Å²) in [5.74, 6) is -0.764. The van der Waals surface area contributed by atoms with Crippen LogP contribution in [0, 0.1) is 0 Å². The highest BCUT2D eigenvalue weighted by Crippen LogP contribution is 2.15. The monoisotopic (exact) mass is 290 g/mol. The van der Waals surface area contributed by atoms with Gasteiger partial charge in [0.05, 0.1) is 17.1 Å². The van der Waals surface area contributed by atoms with Crippen LogP contribution in [0.3, 0.4) is 0 Å². The highest BCUT2D eigenvalue weighted by atomic mass is 32.1. The lowest BCUT2D eigenvalue weighted by atomic mass is 10.2. The first-order chi connectivity index (χ1) is 9.63. The lowest BCUT2D eigenvalue weighted by Crippen LogP contribution is -2.21. The van der Waals surface area contributed by atoms with Gasteiger partial charge in [0.2, 0.25) is 0 Å². The van der Waals surface area contributed by atoms with Crippen molar-refractivity contribution in [2.75, 3.05) is 13.6 Å². The van der Waals surface area contributed by atoms with Crippen molar-refractivity contribution < 1.29 is 9.90 Å². The van der Waals surface area contributed by atoms with E-state index in [-0.39, 0.29) is 6.42 Å². The van der Waals surface area contributed by atoms with Crippen molar-refractivity contribution in [1.29, 1.82) is 0 Å². The Morgan fingerprint density at radius 3 is 2.80 bits per heavy atom. The van der Waals surface area contributed by atoms with E-state index >= 15 is 0 Å². The van der Waals surface area contributed by atoms with Crippen LogP contribution in [0.25, 0.3) is 0 Å². The maximum absolute atomic E-state index is 10.5. The minimum Gasteiger partial charge on any atom is -0.481 e. The molecule has 1 aromatic heterocycles. The molecule has 2 rings (SSSR count). The first-order valence-electron chi connectivity index (χ1n) is 6.51. The molecule has 1 aromatic carbocycles. The number of thiazole rings is 1. The summed E-state index contributed by atoms with van der Waals surface area (Å²) < 4.78 is 0. The van der Waals surface area contributed by atoms with Crippen LogP contribution in [-0.4, -0.2) is 34.6 Å². The predicted molar refractivity (Wildman–Crippen MR) is 79.9 cm³/mol. The first kappa shape index (κ1) is 14.7. The molecule has 0 radical (unpaired) electrons. The van der Waals surface area contributed by atoms with Gasteiger partial charge in [-0.05, 0) is 12.6 Å². The number of carboxylic acid groups (broad SMARTS) is 1. The number of benzene rings is 1. The smallest absolute Gasteiger partial charge is 0.304 e. The molecule has 1 N–H and O–H groups in total. The van der Waals surface area contributed by atoms with Gasteiger partial charge in [-0.25, -0.2) is 4.98 Å². The molecule has 0 bridgehead atoms. The maximum Gasteiger partial charge on any atom is 0.304 e. The fourth-order valence-corrected chi connectivity index (χ4v) is 2.73. The maximum atomic E-state index is 10.5. The number of nitrogens with zero attached hydrogens (tertiary/aromatic N) is 2. The summed E-state index contributed by atoms with van der Waals surface area (Å²) in [6, 6.07) is 10.3. The topological polar surface area (TPSA) is 53.4 Å². The van der Waals surface area contributed by atoms with Crippen LogP contribution in [-0.2, 0) is 17.8 Å². The van der Waals surface area contributed by atoms with Crippen LogP contribution in [0.5, 0.6) is 0 Å². The Morgan fingerprint density at radius 2 is 2.10 bits per heavy atom. The number of aromatic nitrogens is 1. The van der Waals surface area contributed by atoms with Crippen molar-refractivity contribution in [1.82, 2.24) is 9.88 Å². The lowest BCUT2D eigenvalue weighted by molar-refractivity contribution is -0.137. The molecular formula is C15H18N2O2S. The minimum atomic E-state index is -0.764. The Kier molecular flexibility index (Phi) is 5.26. The van der Waals surface area contributed by atoms with Crippen LogP contribution >= 0.6 is 11.3 Å². The zero-order valence-electron chi connectivity index (χ0n) is 11.5. The third-order valence-electron chi connectivity index (χ3n) is 2.94. The fourth-order valence-electron chi connectivity index (χ4n) is 1.92. The molecule has 20 heavy (non-hydrogen) atoms. The molecule has 0 aliphatic rings. The minimum absolute atomic E-state index is 0.164. The number of carbonyl (C=O) groups is 1. The van der Waals surface area contributed by atoms with E-state index in [1.807, 2.05) is 30.1 Å². The van der Waals surface area contributed by atoms with Crippen LogP contribution in [0.1, 0.15) is 22.7 Å². The van der Waals surface area contributed by atoms with Crippen LogP contribution in [0.15, 0.2) is 35.7 Å². The third-order valence-corrected chi connectivity index (χ3v) is 3.83. The van der Waals surface area contributed by atoms with E-state index in [1.165, 1.54) is 5.56 Å². The second-order valence-corrected chi connectivity index (χ2v) is 5.72. The summed E-state index contributed by atoms with van der Waals surface area (Å²) in [5, 5.41) is 11.8. The number of aliphatic carboxylic acids is 1. The van der Waals surface area contributed by atoms with E-state index in [9.17, 15) is 4.79 Å². The highest BCUT2D eigenvalue weighted by molar-refractivity contribution is 7.09. The molecular weight excluding hydrogens is 272 g/mol. The zero-order chi connectivity index (χ0) is 14.4. The molecule has 0 atom stereocenters. The van der Waals surface area contributed by atoms with E-state index in [1.54, 1.807) is 11.3 Å². The van der Waals surface area contributed by atoms with Crippen LogP contribution < -0.4 is 0 Å². The summed E-state index contributed by atoms with van der Waals surface area (Å²) >= 11 is 1.66. The summed E-state index contributed by atoms with van der Waals surface area (Å²) in [5.41, 5.74) is 2.27. The third kappa shape index (κ3) is 4.75. The van der Waals surface area contributed by atoms with Crippen molar-refractivity contribution >= 4 is 17.3 Å². The predicted octanol–water partition coefficient (Wildman–Crippen LogP) is 2.64. The molecule has 0 aliphatic carbocycles. The van der Waals surface area contributed by atoms with E-state index in [0.717, 1.165) is 17.1 Å². The molecule has 0 spiro atoms. The van der Waals surface area contributed by atoms with Crippen molar-refractivity contribution in [3.63, 3.8) is 0 Å². The van der Waals surface area contributed by atoms with E-state index in [0.29, 0.717) is 13.1 Å². The molecule has 0 unspecified atom stereocenters. The van der Waals surface area contributed by atoms with Gasteiger partial charge in [0.1, 0.15) is 0 Å². The van der Waals surface area contributed by atoms with Gasteiger partial charge in [-0.2, -0.15) is 0 Å². The SMILES string of the molecule is CN(CCC(=O)O)Cc1csc(Cc2ccccc2)n1. The summed E-state index contributed by atoms with van der Waals surface area (Å²) in [6.45, 7) is 1.24. The number of rotatable bonds is 7. The van der Waals surface area contributed by atoms with Crippen LogP contribution in [0.2, 0.25) is 0 Å². The van der Waals surface area contributed by atoms with Crippen molar-refractivity contribution in [3.05, 3.63) is 52.0 Å². The van der Waals surface area contributed by atoms with Gasteiger partial charge in [0.15, 0.2) is 0 Å². The first-order valence-corrected chi connectivity index (χ1v) is 7.39. The Bertz CT molecular complexity index is 554. The fraction of sp³-hybridized carbons (Fsp3) is 0.333. The van der Waals surface area contributed by atoms with Gasteiger partial charge in [-0.1, -0.05) is 30.3 Å². The molecule has 0 fully saturated rings. The summed E-state index contributed by atoms with van der Waals surface area (Å²) in [7, 11) is 1.92. The van der Waals surface area contributed by atoms with Gasteiger partial charge in [-0.3, -0.25) is 9.69 Å². The lowest BCUT2D eigenvalue weighted by Gasteiger charge is -2.13. The van der Waals surface area contributed by atoms with Crippen LogP contribution in [0.4, 0.5) is 0 Å². The molecule has 4 nitrogen and oxygen atoms in total. The average molecular weight is 290 g/mol. The molecule has 106 valence electrons. The van der Waals surface area contributed by atoms with E-state index < -0.39 is 5.97 Å². The molecule has 0 saturated carbocycles. The van der Waals surface area contributed by atoms with E-state index in [2.05, 4.69) is 22.5 Å². The second-order valence-electron chi connectivity index (χ2n) is 4.78. The standard InChI is InChI=1S/C15H18N2O2S/c1-17(8-7-15(18)19)10-13-11-20-14(16-13)9-12-5-3-2-4-6-12/h2-6,11H,7-10H2,1H3,(H,18,19). The Labute approximate surface area is 122 Å². The van der Waals surface area contributed by atoms with E-state index in [4.69, 9.17) is 5.11 Å². The quantitative estimate of drug-likeness (QED) is 0.851. The average Bonchev–Trinajstić information content (AvgIpc) is 2.85. The number of carboxylic acids is 1. The second kappa shape index (κ2) is 7.17. The summed E-state index contributed by atoms with van der Waals surface area (Å²) in [6.07, 6.45) is 1.02. The highest BCUT2D eigenvalue weighted by Gasteiger charge is 2.07. The van der Waals surface area contributed by atoms with Crippen molar-refractivity contribution in [3.8, 4) is 0 Å². The molecule has 0 amide bonds. The van der Waals surface area contributed by atoms with Crippen molar-refractivity contribution in [2.24, 2.45) is 0 Å². The molecule has 0 aliphatic heterocycles. The number of hydrogen-bond donors (Lipinski definition) is 1. The Hall–Kier alpha value is -1.72. The molecule has 5 heteroatoms. The molecule has 2 aromatic rings.